The predicted octanol–water partition coefficient (Wildman–Crippen LogP) is -0.676. The van der Waals surface area contributed by atoms with E-state index in [9.17, 15) is 0 Å². The van der Waals surface area contributed by atoms with Crippen LogP contribution in [0.3, 0.4) is 0 Å². The van der Waals surface area contributed by atoms with Crippen LogP contribution in [-0.2, 0) is 0 Å². The highest BCUT2D eigenvalue weighted by molar-refractivity contribution is 4.99. The van der Waals surface area contributed by atoms with E-state index in [-0.39, 0.29) is 0 Å². The zero-order valence-electron chi connectivity index (χ0n) is 6.16. The summed E-state index contributed by atoms with van der Waals surface area (Å²) in [4.78, 5) is 2.30. The van der Waals surface area contributed by atoms with Gasteiger partial charge in [0.15, 0.2) is 0 Å². The number of nitrogens with two attached hydrogens (primary N) is 2. The summed E-state index contributed by atoms with van der Waals surface area (Å²) in [5.41, 5.74) is 11.4. The zero-order valence-corrected chi connectivity index (χ0v) is 6.16. The number of fused-ring (bicyclic) bond motifs is 2. The third-order valence-corrected chi connectivity index (χ3v) is 2.87. The van der Waals surface area contributed by atoms with Crippen molar-refractivity contribution in [3.8, 4) is 0 Å². The third kappa shape index (κ3) is 0.779. The van der Waals surface area contributed by atoms with Gasteiger partial charge in [-0.3, -0.25) is 4.90 Å². The molecule has 58 valence electrons. The van der Waals surface area contributed by atoms with E-state index in [0.717, 1.165) is 5.92 Å². The molecule has 2 aliphatic rings. The summed E-state index contributed by atoms with van der Waals surface area (Å²) in [5.74, 6) is 0.851. The molecule has 0 aromatic rings. The minimum Gasteiger partial charge on any atom is -0.326 e. The lowest BCUT2D eigenvalue weighted by Crippen LogP contribution is -2.47. The Morgan fingerprint density at radius 1 is 1.40 bits per heavy atom. The summed E-state index contributed by atoms with van der Waals surface area (Å²) in [7, 11) is 0. The van der Waals surface area contributed by atoms with Crippen molar-refractivity contribution in [1.29, 1.82) is 0 Å². The fraction of sp³-hybridized carbons (Fsp3) is 1.00. The Hall–Kier alpha value is -0.120. The molecule has 0 amide bonds. The van der Waals surface area contributed by atoms with Crippen molar-refractivity contribution >= 4 is 0 Å². The fourth-order valence-corrected chi connectivity index (χ4v) is 2.40. The molecule has 3 heteroatoms. The Morgan fingerprint density at radius 2 is 2.20 bits per heavy atom. The van der Waals surface area contributed by atoms with Crippen LogP contribution >= 0.6 is 0 Å². The summed E-state index contributed by atoms with van der Waals surface area (Å²) in [5, 5.41) is 0. The average molecular weight is 141 g/mol. The van der Waals surface area contributed by atoms with Crippen LogP contribution in [0.1, 0.15) is 12.8 Å². The van der Waals surface area contributed by atoms with Gasteiger partial charge in [0.1, 0.15) is 0 Å². The second-order valence-corrected chi connectivity index (χ2v) is 3.52. The Labute approximate surface area is 61.4 Å². The topological polar surface area (TPSA) is 55.3 Å². The molecule has 0 aromatic heterocycles. The quantitative estimate of drug-likeness (QED) is 0.509. The Bertz CT molecular complexity index is 135. The van der Waals surface area contributed by atoms with Crippen molar-refractivity contribution in [2.24, 2.45) is 17.4 Å². The molecular formula is C7H15N3. The first-order valence-electron chi connectivity index (χ1n) is 4.01. The molecule has 1 aliphatic heterocycles. The molecular weight excluding hydrogens is 126 g/mol. The lowest BCUT2D eigenvalue weighted by atomic mass is 10.1. The van der Waals surface area contributed by atoms with Crippen LogP contribution in [0, 0.1) is 5.92 Å². The van der Waals surface area contributed by atoms with Gasteiger partial charge in [-0.15, -0.1) is 0 Å². The van der Waals surface area contributed by atoms with Gasteiger partial charge in [-0.1, -0.05) is 0 Å². The second-order valence-electron chi connectivity index (χ2n) is 3.52. The standard InChI is InChI=1S/C7H15N3/c8-4-10-3-5-1-6(9)7(10)2-5/h5-7H,1-4,8-9H2. The summed E-state index contributed by atoms with van der Waals surface area (Å²) < 4.78 is 0. The maximum absolute atomic E-state index is 5.89. The second kappa shape index (κ2) is 2.19. The maximum Gasteiger partial charge on any atom is 0.0458 e. The number of hydrogen-bond donors (Lipinski definition) is 2. The summed E-state index contributed by atoms with van der Waals surface area (Å²) in [6.45, 7) is 1.88. The molecule has 0 spiro atoms. The highest BCUT2D eigenvalue weighted by Crippen LogP contribution is 2.35. The van der Waals surface area contributed by atoms with Crippen molar-refractivity contribution in [3.05, 3.63) is 0 Å². The normalized spacial score (nSPS) is 46.8. The summed E-state index contributed by atoms with van der Waals surface area (Å²) >= 11 is 0. The fourth-order valence-electron chi connectivity index (χ4n) is 2.40. The van der Waals surface area contributed by atoms with Crippen LogP contribution in [0.4, 0.5) is 0 Å². The maximum atomic E-state index is 5.89. The highest BCUT2D eigenvalue weighted by Gasteiger charge is 2.42. The zero-order chi connectivity index (χ0) is 7.14. The number of piperidine rings is 1. The molecule has 2 fully saturated rings. The van der Waals surface area contributed by atoms with Gasteiger partial charge < -0.3 is 11.5 Å². The van der Waals surface area contributed by atoms with Gasteiger partial charge in [0.05, 0.1) is 0 Å². The van der Waals surface area contributed by atoms with Gasteiger partial charge in [-0.05, 0) is 18.8 Å². The van der Waals surface area contributed by atoms with E-state index >= 15 is 0 Å². The number of likely N-dealkylation sites (tertiary alicyclic amines) is 1. The molecule has 2 rings (SSSR count). The van der Waals surface area contributed by atoms with Crippen molar-refractivity contribution < 1.29 is 0 Å². The Kier molecular flexibility index (Phi) is 1.44. The average Bonchev–Trinajstić information content (AvgIpc) is 2.44. The lowest BCUT2D eigenvalue weighted by Gasteiger charge is -2.29. The predicted molar refractivity (Wildman–Crippen MR) is 40.2 cm³/mol. The van der Waals surface area contributed by atoms with Crippen LogP contribution < -0.4 is 11.5 Å². The van der Waals surface area contributed by atoms with Gasteiger partial charge >= 0.3 is 0 Å². The van der Waals surface area contributed by atoms with E-state index in [4.69, 9.17) is 11.5 Å². The number of rotatable bonds is 1. The van der Waals surface area contributed by atoms with Gasteiger partial charge in [0, 0.05) is 25.3 Å². The molecule has 3 atom stereocenters. The Morgan fingerprint density at radius 3 is 2.60 bits per heavy atom. The number of nitrogens with zero attached hydrogens (tertiary/aromatic N) is 1. The van der Waals surface area contributed by atoms with Gasteiger partial charge in [-0.25, -0.2) is 0 Å². The minimum atomic E-state index is 0.405. The van der Waals surface area contributed by atoms with Crippen LogP contribution in [0.2, 0.25) is 0 Å². The number of hydrogen-bond acceptors (Lipinski definition) is 3. The molecule has 0 aromatic carbocycles. The van der Waals surface area contributed by atoms with Crippen LogP contribution in [0.25, 0.3) is 0 Å². The molecule has 10 heavy (non-hydrogen) atoms. The molecule has 0 radical (unpaired) electrons. The summed E-state index contributed by atoms with van der Waals surface area (Å²) in [6, 6.07) is 1.01. The van der Waals surface area contributed by atoms with Crippen molar-refractivity contribution in [2.75, 3.05) is 13.2 Å². The van der Waals surface area contributed by atoms with Crippen molar-refractivity contribution in [2.45, 2.75) is 24.9 Å². The molecule has 3 nitrogen and oxygen atoms in total. The summed E-state index contributed by atoms with van der Waals surface area (Å²) in [6.07, 6.45) is 2.51. The molecule has 3 unspecified atom stereocenters. The molecule has 1 saturated heterocycles. The van der Waals surface area contributed by atoms with Crippen molar-refractivity contribution in [1.82, 2.24) is 4.90 Å². The molecule has 2 bridgehead atoms. The third-order valence-electron chi connectivity index (χ3n) is 2.87. The van der Waals surface area contributed by atoms with E-state index in [1.165, 1.54) is 19.4 Å². The molecule has 1 saturated carbocycles. The first-order chi connectivity index (χ1) is 4.81. The van der Waals surface area contributed by atoms with Crippen LogP contribution in [0.5, 0.6) is 0 Å². The van der Waals surface area contributed by atoms with E-state index < -0.39 is 0 Å². The molecule has 4 N–H and O–H groups in total. The van der Waals surface area contributed by atoms with Gasteiger partial charge in [0.25, 0.3) is 0 Å². The lowest BCUT2D eigenvalue weighted by molar-refractivity contribution is 0.198. The van der Waals surface area contributed by atoms with Crippen molar-refractivity contribution in [3.63, 3.8) is 0 Å². The van der Waals surface area contributed by atoms with E-state index in [1.807, 2.05) is 0 Å². The van der Waals surface area contributed by atoms with Crippen LogP contribution in [0.15, 0.2) is 0 Å². The van der Waals surface area contributed by atoms with Crippen LogP contribution in [-0.4, -0.2) is 30.2 Å². The SMILES string of the molecule is NCN1CC2CC(N)C1C2. The van der Waals surface area contributed by atoms with E-state index in [2.05, 4.69) is 4.90 Å². The van der Waals surface area contributed by atoms with Gasteiger partial charge in [-0.2, -0.15) is 0 Å². The van der Waals surface area contributed by atoms with Gasteiger partial charge in [0.2, 0.25) is 0 Å². The highest BCUT2D eigenvalue weighted by atomic mass is 15.3. The molecule has 1 aliphatic carbocycles. The van der Waals surface area contributed by atoms with E-state index in [0.29, 0.717) is 18.8 Å². The Balaban J connectivity index is 2.06. The van der Waals surface area contributed by atoms with E-state index in [1.54, 1.807) is 0 Å². The monoisotopic (exact) mass is 141 g/mol. The molecule has 1 heterocycles. The largest absolute Gasteiger partial charge is 0.326 e. The first-order valence-corrected chi connectivity index (χ1v) is 4.01. The first kappa shape index (κ1) is 6.58. The smallest absolute Gasteiger partial charge is 0.0458 e. The minimum absolute atomic E-state index is 0.405.